The van der Waals surface area contributed by atoms with Crippen molar-refractivity contribution in [2.24, 2.45) is 16.3 Å². The van der Waals surface area contributed by atoms with Gasteiger partial charge in [-0.15, -0.1) is 0 Å². The molecule has 2 aliphatic carbocycles. The van der Waals surface area contributed by atoms with E-state index in [-0.39, 0.29) is 0 Å². The highest BCUT2D eigenvalue weighted by molar-refractivity contribution is 5.79. The van der Waals surface area contributed by atoms with Crippen molar-refractivity contribution < 1.29 is 4.74 Å². The van der Waals surface area contributed by atoms with Crippen LogP contribution in [-0.4, -0.2) is 64.9 Å². The number of likely N-dealkylation sites (N-methyl/N-ethyl adjacent to an activating group) is 1. The molecule has 0 heterocycles. The zero-order chi connectivity index (χ0) is 18.1. The monoisotopic (exact) mass is 352 g/mol. The number of methoxy groups -OCH3 is 1. The van der Waals surface area contributed by atoms with Gasteiger partial charge in [-0.3, -0.25) is 4.99 Å². The quantitative estimate of drug-likeness (QED) is 0.495. The lowest BCUT2D eigenvalue weighted by Crippen LogP contribution is -2.51. The molecular weight excluding hydrogens is 312 g/mol. The molecule has 0 bridgehead atoms. The summed E-state index contributed by atoms with van der Waals surface area (Å²) in [5, 5.41) is 7.17. The Bertz CT molecular complexity index is 401. The second-order valence-corrected chi connectivity index (χ2v) is 8.33. The Morgan fingerprint density at radius 1 is 1.16 bits per heavy atom. The second-order valence-electron chi connectivity index (χ2n) is 8.33. The van der Waals surface area contributed by atoms with Gasteiger partial charge >= 0.3 is 0 Å². The molecule has 0 radical (unpaired) electrons. The van der Waals surface area contributed by atoms with E-state index in [9.17, 15) is 0 Å². The van der Waals surface area contributed by atoms with Gasteiger partial charge in [-0.05, 0) is 57.5 Å². The lowest BCUT2D eigenvalue weighted by Gasteiger charge is -2.42. The van der Waals surface area contributed by atoms with Crippen LogP contribution in [0.3, 0.4) is 0 Å². The maximum atomic E-state index is 5.30. The van der Waals surface area contributed by atoms with Crippen molar-refractivity contribution in [2.75, 3.05) is 47.9 Å². The van der Waals surface area contributed by atoms with Crippen LogP contribution in [0.5, 0.6) is 0 Å². The van der Waals surface area contributed by atoms with E-state index in [1.54, 1.807) is 7.11 Å². The van der Waals surface area contributed by atoms with Gasteiger partial charge in [0.1, 0.15) is 0 Å². The van der Waals surface area contributed by atoms with Gasteiger partial charge < -0.3 is 20.3 Å². The Morgan fingerprint density at radius 3 is 2.40 bits per heavy atom. The number of hydrogen-bond donors (Lipinski definition) is 2. The first-order chi connectivity index (χ1) is 12.1. The lowest BCUT2D eigenvalue weighted by atomic mass is 9.67. The molecule has 0 aromatic rings. The van der Waals surface area contributed by atoms with E-state index in [1.807, 2.05) is 7.05 Å². The highest BCUT2D eigenvalue weighted by Crippen LogP contribution is 2.43. The Balaban J connectivity index is 1.80. The van der Waals surface area contributed by atoms with Gasteiger partial charge in [-0.2, -0.15) is 0 Å². The molecule has 2 saturated carbocycles. The number of guanidine groups is 1. The highest BCUT2D eigenvalue weighted by atomic mass is 16.5. The summed E-state index contributed by atoms with van der Waals surface area (Å²) in [5.74, 6) is 1.76. The van der Waals surface area contributed by atoms with Gasteiger partial charge in [0.25, 0.3) is 0 Å². The van der Waals surface area contributed by atoms with Crippen LogP contribution in [-0.2, 0) is 4.74 Å². The fraction of sp³-hybridized carbons (Fsp3) is 0.950. The van der Waals surface area contributed by atoms with Gasteiger partial charge in [0, 0.05) is 39.9 Å². The summed E-state index contributed by atoms with van der Waals surface area (Å²) >= 11 is 0. The minimum absolute atomic E-state index is 0.415. The Labute approximate surface area is 155 Å². The normalized spacial score (nSPS) is 22.5. The van der Waals surface area contributed by atoms with Crippen molar-refractivity contribution >= 4 is 5.96 Å². The molecule has 0 saturated heterocycles. The van der Waals surface area contributed by atoms with Gasteiger partial charge in [-0.1, -0.05) is 25.7 Å². The Kier molecular flexibility index (Phi) is 8.50. The topological polar surface area (TPSA) is 48.9 Å². The number of aliphatic imine (C=N–C) groups is 1. The molecule has 0 amide bonds. The predicted octanol–water partition coefficient (Wildman–Crippen LogP) is 2.87. The highest BCUT2D eigenvalue weighted by Gasteiger charge is 2.36. The first kappa shape index (κ1) is 20.5. The van der Waals surface area contributed by atoms with E-state index >= 15 is 0 Å². The standard InChI is InChI=1S/C20H40N4O/c1-21-19(23-16-20(11-8-12-20)13-14-25-4)22-15-18(24(2)3)17-9-6-5-7-10-17/h17-18H,5-16H2,1-4H3,(H2,21,22,23). The number of nitrogens with zero attached hydrogens (tertiary/aromatic N) is 2. The molecule has 0 aromatic carbocycles. The van der Waals surface area contributed by atoms with Crippen LogP contribution in [0.2, 0.25) is 0 Å². The van der Waals surface area contributed by atoms with Crippen LogP contribution >= 0.6 is 0 Å². The van der Waals surface area contributed by atoms with Crippen LogP contribution in [0.15, 0.2) is 4.99 Å². The van der Waals surface area contributed by atoms with E-state index in [0.717, 1.165) is 38.0 Å². The zero-order valence-corrected chi connectivity index (χ0v) is 16.9. The third kappa shape index (κ3) is 6.14. The molecule has 5 heteroatoms. The number of nitrogens with one attached hydrogen (secondary N) is 2. The molecule has 2 aliphatic rings. The summed E-state index contributed by atoms with van der Waals surface area (Å²) in [5.41, 5.74) is 0.415. The van der Waals surface area contributed by atoms with Crippen molar-refractivity contribution in [1.82, 2.24) is 15.5 Å². The fourth-order valence-electron chi connectivity index (χ4n) is 4.49. The van der Waals surface area contributed by atoms with Crippen molar-refractivity contribution in [2.45, 2.75) is 63.8 Å². The SMILES string of the molecule is CN=C(NCC(C1CCCCC1)N(C)C)NCC1(CCOC)CCC1. The van der Waals surface area contributed by atoms with Crippen LogP contribution in [0.25, 0.3) is 0 Å². The van der Waals surface area contributed by atoms with Gasteiger partial charge in [0.05, 0.1) is 0 Å². The molecule has 0 aliphatic heterocycles. The molecule has 1 unspecified atom stereocenters. The summed E-state index contributed by atoms with van der Waals surface area (Å²) in [6.45, 7) is 2.84. The molecule has 5 nitrogen and oxygen atoms in total. The largest absolute Gasteiger partial charge is 0.385 e. The Morgan fingerprint density at radius 2 is 1.88 bits per heavy atom. The van der Waals surface area contributed by atoms with Crippen LogP contribution < -0.4 is 10.6 Å². The summed E-state index contributed by atoms with van der Waals surface area (Å²) in [6.07, 6.45) is 12.1. The van der Waals surface area contributed by atoms with Crippen LogP contribution in [0.4, 0.5) is 0 Å². The minimum atomic E-state index is 0.415. The molecule has 2 fully saturated rings. The average Bonchev–Trinajstić information content (AvgIpc) is 2.59. The fourth-order valence-corrected chi connectivity index (χ4v) is 4.49. The van der Waals surface area contributed by atoms with E-state index in [2.05, 4.69) is 34.6 Å². The number of hydrogen-bond acceptors (Lipinski definition) is 3. The van der Waals surface area contributed by atoms with Crippen LogP contribution in [0, 0.1) is 11.3 Å². The molecule has 1 atom stereocenters. The van der Waals surface area contributed by atoms with Crippen molar-refractivity contribution in [3.8, 4) is 0 Å². The third-order valence-corrected chi connectivity index (χ3v) is 6.44. The molecule has 0 spiro atoms. The van der Waals surface area contributed by atoms with Crippen LogP contribution in [0.1, 0.15) is 57.8 Å². The summed E-state index contributed by atoms with van der Waals surface area (Å²) in [7, 11) is 8.10. The zero-order valence-electron chi connectivity index (χ0n) is 16.9. The summed E-state index contributed by atoms with van der Waals surface area (Å²) < 4.78 is 5.30. The average molecular weight is 353 g/mol. The number of ether oxygens (including phenoxy) is 1. The molecule has 25 heavy (non-hydrogen) atoms. The maximum absolute atomic E-state index is 5.30. The molecule has 2 N–H and O–H groups in total. The first-order valence-corrected chi connectivity index (χ1v) is 10.2. The summed E-state index contributed by atoms with van der Waals surface area (Å²) in [6, 6.07) is 0.588. The second kappa shape index (κ2) is 10.4. The van der Waals surface area contributed by atoms with Crippen molar-refractivity contribution in [3.05, 3.63) is 0 Å². The van der Waals surface area contributed by atoms with Gasteiger partial charge in [0.2, 0.25) is 0 Å². The molecular formula is C20H40N4O. The molecule has 146 valence electrons. The summed E-state index contributed by atoms with van der Waals surface area (Å²) in [4.78, 5) is 6.84. The van der Waals surface area contributed by atoms with E-state index < -0.39 is 0 Å². The third-order valence-electron chi connectivity index (χ3n) is 6.44. The smallest absolute Gasteiger partial charge is 0.191 e. The molecule has 2 rings (SSSR count). The van der Waals surface area contributed by atoms with Crippen molar-refractivity contribution in [3.63, 3.8) is 0 Å². The maximum Gasteiger partial charge on any atom is 0.191 e. The van der Waals surface area contributed by atoms with Gasteiger partial charge in [0.15, 0.2) is 5.96 Å². The first-order valence-electron chi connectivity index (χ1n) is 10.2. The molecule has 0 aromatic heterocycles. The van der Waals surface area contributed by atoms with E-state index in [0.29, 0.717) is 11.5 Å². The number of rotatable bonds is 9. The van der Waals surface area contributed by atoms with Gasteiger partial charge in [-0.25, -0.2) is 0 Å². The van der Waals surface area contributed by atoms with E-state index in [4.69, 9.17) is 4.74 Å². The lowest BCUT2D eigenvalue weighted by molar-refractivity contribution is 0.0732. The van der Waals surface area contributed by atoms with Crippen molar-refractivity contribution in [1.29, 1.82) is 0 Å². The Hall–Kier alpha value is -0.810. The predicted molar refractivity (Wildman–Crippen MR) is 106 cm³/mol. The van der Waals surface area contributed by atoms with E-state index in [1.165, 1.54) is 51.4 Å². The minimum Gasteiger partial charge on any atom is -0.385 e.